The van der Waals surface area contributed by atoms with Gasteiger partial charge in [0.1, 0.15) is 23.9 Å². The second-order valence-electron chi connectivity index (χ2n) is 7.84. The molecule has 2 amide bonds. The lowest BCUT2D eigenvalue weighted by molar-refractivity contribution is 0.0689. The number of nitrogens with zero attached hydrogens (tertiary/aromatic N) is 4. The summed E-state index contributed by atoms with van der Waals surface area (Å²) >= 11 is 0. The zero-order valence-corrected chi connectivity index (χ0v) is 16.0. The van der Waals surface area contributed by atoms with E-state index in [1.807, 2.05) is 6.92 Å². The van der Waals surface area contributed by atoms with Gasteiger partial charge in [-0.15, -0.1) is 0 Å². The molecule has 29 heavy (non-hydrogen) atoms. The predicted molar refractivity (Wildman–Crippen MR) is 102 cm³/mol. The molecule has 2 fully saturated rings. The Bertz CT molecular complexity index is 1060. The highest BCUT2D eigenvalue weighted by Gasteiger charge is 2.51. The van der Waals surface area contributed by atoms with Gasteiger partial charge in [0.05, 0.1) is 30.6 Å². The Morgan fingerprint density at radius 1 is 1.45 bits per heavy atom. The average molecular weight is 392 g/mol. The fourth-order valence-corrected chi connectivity index (χ4v) is 3.99. The van der Waals surface area contributed by atoms with E-state index in [0.29, 0.717) is 53.7 Å². The van der Waals surface area contributed by atoms with Crippen LogP contribution in [-0.4, -0.2) is 51.5 Å². The number of aromatic amines is 1. The first-order valence-corrected chi connectivity index (χ1v) is 9.65. The number of rotatable bonds is 4. The Kier molecular flexibility index (Phi) is 3.93. The second-order valence-corrected chi connectivity index (χ2v) is 7.84. The van der Waals surface area contributed by atoms with Crippen molar-refractivity contribution in [3.63, 3.8) is 0 Å². The van der Waals surface area contributed by atoms with Gasteiger partial charge in [0.25, 0.3) is 17.4 Å². The van der Waals surface area contributed by atoms with Gasteiger partial charge in [-0.2, -0.15) is 0 Å². The van der Waals surface area contributed by atoms with Crippen molar-refractivity contribution in [3.05, 3.63) is 46.3 Å². The molecule has 2 aromatic rings. The lowest BCUT2D eigenvalue weighted by Crippen LogP contribution is -2.28. The van der Waals surface area contributed by atoms with Crippen molar-refractivity contribution in [2.75, 3.05) is 19.9 Å². The van der Waals surface area contributed by atoms with Crippen molar-refractivity contribution >= 4 is 11.8 Å². The van der Waals surface area contributed by atoms with E-state index in [1.165, 1.54) is 6.20 Å². The monoisotopic (exact) mass is 392 g/mol. The third-order valence-corrected chi connectivity index (χ3v) is 5.96. The summed E-state index contributed by atoms with van der Waals surface area (Å²) in [5.74, 6) is 0.281. The van der Waals surface area contributed by atoms with Crippen LogP contribution in [0.1, 0.15) is 52.0 Å². The van der Waals surface area contributed by atoms with E-state index in [1.54, 1.807) is 11.0 Å². The third-order valence-electron chi connectivity index (χ3n) is 5.96. The van der Waals surface area contributed by atoms with Crippen molar-refractivity contribution in [1.82, 2.24) is 25.2 Å². The Labute approximate surface area is 167 Å². The Balaban J connectivity index is 1.59. The zero-order chi connectivity index (χ0) is 20.2. The van der Waals surface area contributed by atoms with Gasteiger partial charge < -0.3 is 24.8 Å². The van der Waals surface area contributed by atoms with Gasteiger partial charge in [-0.3, -0.25) is 9.59 Å². The van der Waals surface area contributed by atoms with Gasteiger partial charge in [0.15, 0.2) is 0 Å². The van der Waals surface area contributed by atoms with E-state index in [2.05, 4.69) is 25.1 Å². The molecule has 9 heteroatoms. The molecular weight excluding hydrogens is 372 g/mol. The summed E-state index contributed by atoms with van der Waals surface area (Å²) in [5, 5.41) is 2.80. The maximum absolute atomic E-state index is 12.6. The van der Waals surface area contributed by atoms with Crippen LogP contribution in [-0.2, 0) is 16.8 Å². The molecule has 148 valence electrons. The normalized spacial score (nSPS) is 20.1. The topological polar surface area (TPSA) is 105 Å². The van der Waals surface area contributed by atoms with Crippen LogP contribution in [0, 0.1) is 12.5 Å². The van der Waals surface area contributed by atoms with Gasteiger partial charge in [0, 0.05) is 24.9 Å². The Hall–Kier alpha value is -3.25. The summed E-state index contributed by atoms with van der Waals surface area (Å²) in [6.45, 7) is 11.3. The van der Waals surface area contributed by atoms with Crippen LogP contribution < -0.4 is 5.32 Å². The predicted octanol–water partition coefficient (Wildman–Crippen LogP) is 1.69. The first kappa shape index (κ1) is 17.8. The minimum atomic E-state index is -0.729. The van der Waals surface area contributed by atoms with Gasteiger partial charge in [-0.05, 0) is 18.9 Å². The van der Waals surface area contributed by atoms with E-state index in [9.17, 15) is 9.59 Å². The maximum atomic E-state index is 12.6. The minimum Gasteiger partial charge on any atom is -0.359 e. The van der Waals surface area contributed by atoms with Crippen LogP contribution in [0.15, 0.2) is 12.3 Å². The molecule has 9 nitrogen and oxygen atoms in total. The number of aromatic nitrogens is 3. The molecule has 0 aromatic carbocycles. The van der Waals surface area contributed by atoms with Crippen LogP contribution in [0.4, 0.5) is 0 Å². The van der Waals surface area contributed by atoms with Crippen molar-refractivity contribution in [2.45, 2.75) is 31.8 Å². The molecule has 2 aliphatic heterocycles. The number of carbonyl (C=O) groups excluding carboxylic acids is 2. The highest BCUT2D eigenvalue weighted by molar-refractivity contribution is 6.03. The van der Waals surface area contributed by atoms with Crippen LogP contribution in [0.25, 0.3) is 16.2 Å². The summed E-state index contributed by atoms with van der Waals surface area (Å²) in [4.78, 5) is 42.6. The SMILES string of the molecule is [C-]#[N+][C@](C)(c1cc(-c2ncc(C(=O)N3CCOC3)[nH]2)c2c(n1)CNC2=O)C1CC1. The fraction of sp³-hybridized carbons (Fsp3) is 0.450. The molecule has 0 bridgehead atoms. The smallest absolute Gasteiger partial charge is 0.274 e. The van der Waals surface area contributed by atoms with E-state index in [4.69, 9.17) is 11.3 Å². The molecule has 0 unspecified atom stereocenters. The summed E-state index contributed by atoms with van der Waals surface area (Å²) in [6.07, 6.45) is 3.48. The molecular formula is C20H20N6O3. The van der Waals surface area contributed by atoms with Crippen molar-refractivity contribution in [2.24, 2.45) is 5.92 Å². The number of nitrogens with one attached hydrogen (secondary N) is 2. The molecule has 1 aliphatic carbocycles. The van der Waals surface area contributed by atoms with Crippen LogP contribution >= 0.6 is 0 Å². The molecule has 1 saturated carbocycles. The highest BCUT2D eigenvalue weighted by Crippen LogP contribution is 2.48. The van der Waals surface area contributed by atoms with E-state index in [-0.39, 0.29) is 24.5 Å². The standard InChI is InChI=1S/C20H20N6O3/c1-20(21-2,11-3-4-11)15-7-12(16-13(24-15)8-23-18(16)27)17-22-9-14(25-17)19(28)26-5-6-29-10-26/h7,9,11H,3-6,8,10H2,1H3,(H,22,25)(H,23,27)/t20-/m0/s1. The number of fused-ring (bicyclic) bond motifs is 1. The fourth-order valence-electron chi connectivity index (χ4n) is 3.99. The van der Waals surface area contributed by atoms with E-state index in [0.717, 1.165) is 12.8 Å². The van der Waals surface area contributed by atoms with Crippen LogP contribution in [0.5, 0.6) is 0 Å². The molecule has 2 N–H and O–H groups in total. The first-order chi connectivity index (χ1) is 14.0. The number of pyridine rings is 1. The Morgan fingerprint density at radius 2 is 2.28 bits per heavy atom. The summed E-state index contributed by atoms with van der Waals surface area (Å²) in [6, 6.07) is 1.78. The van der Waals surface area contributed by atoms with E-state index >= 15 is 0 Å². The molecule has 5 rings (SSSR count). The number of amides is 2. The molecule has 3 aliphatic rings. The average Bonchev–Trinajstić information content (AvgIpc) is 3.13. The summed E-state index contributed by atoms with van der Waals surface area (Å²) < 4.78 is 5.24. The molecule has 0 radical (unpaired) electrons. The molecule has 0 spiro atoms. The largest absolute Gasteiger partial charge is 0.359 e. The molecule has 2 aromatic heterocycles. The number of ether oxygens (including phenoxy) is 1. The van der Waals surface area contributed by atoms with Crippen LogP contribution in [0.3, 0.4) is 0 Å². The molecule has 1 saturated heterocycles. The van der Waals surface area contributed by atoms with Crippen LogP contribution in [0.2, 0.25) is 0 Å². The summed E-state index contributed by atoms with van der Waals surface area (Å²) in [5.41, 5.74) is 1.91. The number of hydrogen-bond donors (Lipinski definition) is 2. The van der Waals surface area contributed by atoms with Crippen molar-refractivity contribution < 1.29 is 14.3 Å². The lowest BCUT2D eigenvalue weighted by Gasteiger charge is -2.18. The number of hydrogen-bond acceptors (Lipinski definition) is 5. The molecule has 4 heterocycles. The van der Waals surface area contributed by atoms with Crippen molar-refractivity contribution in [3.8, 4) is 11.4 Å². The third kappa shape index (κ3) is 2.79. The number of imidazole rings is 1. The quantitative estimate of drug-likeness (QED) is 0.771. The number of H-pyrrole nitrogens is 1. The maximum Gasteiger partial charge on any atom is 0.274 e. The van der Waals surface area contributed by atoms with E-state index < -0.39 is 5.54 Å². The first-order valence-electron chi connectivity index (χ1n) is 9.65. The summed E-state index contributed by atoms with van der Waals surface area (Å²) in [7, 11) is 0. The lowest BCUT2D eigenvalue weighted by atomic mass is 9.90. The van der Waals surface area contributed by atoms with Gasteiger partial charge in [-0.25, -0.2) is 16.5 Å². The zero-order valence-electron chi connectivity index (χ0n) is 16.0. The van der Waals surface area contributed by atoms with Gasteiger partial charge >= 0.3 is 0 Å². The molecule has 1 atom stereocenters. The minimum absolute atomic E-state index is 0.194. The Morgan fingerprint density at radius 3 is 2.97 bits per heavy atom. The number of carbonyl (C=O) groups is 2. The van der Waals surface area contributed by atoms with Crippen molar-refractivity contribution in [1.29, 1.82) is 0 Å². The van der Waals surface area contributed by atoms with Gasteiger partial charge in [0.2, 0.25) is 0 Å². The second kappa shape index (κ2) is 6.39. The van der Waals surface area contributed by atoms with Gasteiger partial charge in [-0.1, -0.05) is 0 Å². The highest BCUT2D eigenvalue weighted by atomic mass is 16.5.